The van der Waals surface area contributed by atoms with Gasteiger partial charge in [-0.15, -0.1) is 0 Å². The van der Waals surface area contributed by atoms with E-state index in [1.165, 1.54) is 12.1 Å². The molecule has 2 aromatic rings. The van der Waals surface area contributed by atoms with Gasteiger partial charge >= 0.3 is 5.97 Å². The quantitative estimate of drug-likeness (QED) is 0.856. The third kappa shape index (κ3) is 1.29. The normalized spacial score (nSPS) is 10.7. The Hall–Kier alpha value is -1.36. The molecule has 0 unspecified atom stereocenters. The first-order valence-electron chi connectivity index (χ1n) is 3.70. The number of hydrogen-bond donors (Lipinski definition) is 1. The Labute approximate surface area is 86.3 Å². The molecule has 0 bridgehead atoms. The fourth-order valence-corrected chi connectivity index (χ4v) is 1.46. The van der Waals surface area contributed by atoms with Crippen LogP contribution in [-0.2, 0) is 0 Å². The van der Waals surface area contributed by atoms with E-state index in [4.69, 9.17) is 9.52 Å². The van der Waals surface area contributed by atoms with Crippen LogP contribution in [-0.4, -0.2) is 11.1 Å². The Bertz CT molecular complexity index is 518. The summed E-state index contributed by atoms with van der Waals surface area (Å²) in [5.41, 5.74) is -0.0447. The molecule has 1 aromatic heterocycles. The number of carboxylic acids is 1. The highest BCUT2D eigenvalue weighted by Crippen LogP contribution is 2.27. The molecule has 0 atom stereocenters. The third-order valence-corrected chi connectivity index (χ3v) is 2.40. The maximum Gasteiger partial charge on any atom is 0.371 e. The monoisotopic (exact) mass is 258 g/mol. The number of fused-ring (bicyclic) bond motifs is 1. The molecule has 2 rings (SSSR count). The summed E-state index contributed by atoms with van der Waals surface area (Å²) in [4.78, 5) is 10.5. The smallest absolute Gasteiger partial charge is 0.371 e. The van der Waals surface area contributed by atoms with Crippen molar-refractivity contribution >= 4 is 32.9 Å². The van der Waals surface area contributed by atoms with E-state index in [2.05, 4.69) is 15.9 Å². The first-order valence-corrected chi connectivity index (χ1v) is 4.49. The lowest BCUT2D eigenvalue weighted by molar-refractivity contribution is 0.0665. The molecule has 0 aliphatic carbocycles. The van der Waals surface area contributed by atoms with Crippen molar-refractivity contribution in [1.82, 2.24) is 0 Å². The molecule has 5 heteroatoms. The predicted octanol–water partition coefficient (Wildman–Crippen LogP) is 3.03. The molecule has 0 saturated carbocycles. The van der Waals surface area contributed by atoms with E-state index in [9.17, 15) is 9.18 Å². The highest BCUT2D eigenvalue weighted by atomic mass is 79.9. The molecule has 0 aliphatic rings. The number of carbonyl (C=O) groups is 1. The molecule has 0 saturated heterocycles. The minimum Gasteiger partial charge on any atom is -0.475 e. The Morgan fingerprint density at radius 3 is 2.86 bits per heavy atom. The van der Waals surface area contributed by atoms with Crippen molar-refractivity contribution in [3.63, 3.8) is 0 Å². The van der Waals surface area contributed by atoms with Gasteiger partial charge in [-0.2, -0.15) is 0 Å². The van der Waals surface area contributed by atoms with Crippen LogP contribution in [0.1, 0.15) is 10.6 Å². The second-order valence-electron chi connectivity index (χ2n) is 2.70. The summed E-state index contributed by atoms with van der Waals surface area (Å²) in [6, 6.07) is 4.37. The molecule has 1 N–H and O–H groups in total. The number of furan rings is 1. The van der Waals surface area contributed by atoms with E-state index in [1.807, 2.05) is 0 Å². The first kappa shape index (κ1) is 9.21. The largest absolute Gasteiger partial charge is 0.475 e. The molecule has 72 valence electrons. The summed E-state index contributed by atoms with van der Waals surface area (Å²) in [7, 11) is 0. The van der Waals surface area contributed by atoms with E-state index in [0.717, 1.165) is 0 Å². The van der Waals surface area contributed by atoms with Gasteiger partial charge in [0, 0.05) is 5.39 Å². The van der Waals surface area contributed by atoms with Gasteiger partial charge in [-0.05, 0) is 34.1 Å². The van der Waals surface area contributed by atoms with Crippen LogP contribution in [0.5, 0.6) is 0 Å². The molecule has 0 fully saturated rings. The van der Waals surface area contributed by atoms with Gasteiger partial charge in [-0.1, -0.05) is 0 Å². The van der Waals surface area contributed by atoms with Crippen molar-refractivity contribution in [2.45, 2.75) is 0 Å². The summed E-state index contributed by atoms with van der Waals surface area (Å²) in [5.74, 6) is -2.07. The molecular weight excluding hydrogens is 255 g/mol. The van der Waals surface area contributed by atoms with Crippen LogP contribution < -0.4 is 0 Å². The average Bonchev–Trinajstić information content (AvgIpc) is 2.56. The summed E-state index contributed by atoms with van der Waals surface area (Å²) < 4.78 is 18.4. The van der Waals surface area contributed by atoms with Crippen molar-refractivity contribution in [3.8, 4) is 0 Å². The van der Waals surface area contributed by atoms with Crippen molar-refractivity contribution in [2.75, 3.05) is 0 Å². The number of hydrogen-bond acceptors (Lipinski definition) is 2. The van der Waals surface area contributed by atoms with Gasteiger partial charge in [0.2, 0.25) is 5.76 Å². The number of benzene rings is 1. The summed E-state index contributed by atoms with van der Waals surface area (Å²) in [6.07, 6.45) is 0. The molecular formula is C9H4BrFO3. The molecule has 1 aromatic carbocycles. The highest BCUT2D eigenvalue weighted by molar-refractivity contribution is 9.10. The molecule has 3 nitrogen and oxygen atoms in total. The van der Waals surface area contributed by atoms with Crippen LogP contribution in [0.2, 0.25) is 0 Å². The minimum atomic E-state index is -1.21. The van der Waals surface area contributed by atoms with Crippen LogP contribution in [0.15, 0.2) is 27.1 Å². The molecule has 0 aliphatic heterocycles. The van der Waals surface area contributed by atoms with Gasteiger partial charge < -0.3 is 9.52 Å². The van der Waals surface area contributed by atoms with Crippen molar-refractivity contribution < 1.29 is 18.7 Å². The number of carboxylic acid groups (broad SMARTS) is 1. The number of aromatic carboxylic acids is 1. The summed E-state index contributed by atoms with van der Waals surface area (Å²) >= 11 is 2.98. The maximum absolute atomic E-state index is 13.3. The molecule has 14 heavy (non-hydrogen) atoms. The number of halogens is 2. The fraction of sp³-hybridized carbons (Fsp3) is 0. The fourth-order valence-electron chi connectivity index (χ4n) is 1.15. The van der Waals surface area contributed by atoms with Crippen molar-refractivity contribution in [2.24, 2.45) is 0 Å². The van der Waals surface area contributed by atoms with Gasteiger partial charge in [-0.25, -0.2) is 9.18 Å². The van der Waals surface area contributed by atoms with E-state index in [-0.39, 0.29) is 15.8 Å². The molecule has 1 heterocycles. The second kappa shape index (κ2) is 3.09. The standard InChI is InChI=1S/C9H4BrFO3/c10-5-2-1-4-3-6(9(12)13)14-8(4)7(5)11/h1-3H,(H,12,13). The van der Waals surface area contributed by atoms with E-state index in [1.54, 1.807) is 6.07 Å². The summed E-state index contributed by atoms with van der Waals surface area (Å²) in [5, 5.41) is 9.05. The Balaban J connectivity index is 2.77. The van der Waals surface area contributed by atoms with Crippen LogP contribution >= 0.6 is 15.9 Å². The lowest BCUT2D eigenvalue weighted by Gasteiger charge is -1.93. The summed E-state index contributed by atoms with van der Waals surface area (Å²) in [6.45, 7) is 0. The molecule has 0 spiro atoms. The van der Waals surface area contributed by atoms with Crippen LogP contribution in [0.25, 0.3) is 11.0 Å². The second-order valence-corrected chi connectivity index (χ2v) is 3.55. The third-order valence-electron chi connectivity index (χ3n) is 1.79. The Kier molecular flexibility index (Phi) is 2.03. The van der Waals surface area contributed by atoms with Gasteiger partial charge in [0.25, 0.3) is 0 Å². The Morgan fingerprint density at radius 2 is 2.21 bits per heavy atom. The molecule has 0 amide bonds. The van der Waals surface area contributed by atoms with Crippen molar-refractivity contribution in [1.29, 1.82) is 0 Å². The Morgan fingerprint density at radius 1 is 1.50 bits per heavy atom. The van der Waals surface area contributed by atoms with Gasteiger partial charge in [-0.3, -0.25) is 0 Å². The molecule has 0 radical (unpaired) electrons. The topological polar surface area (TPSA) is 50.4 Å². The van der Waals surface area contributed by atoms with E-state index in [0.29, 0.717) is 5.39 Å². The lowest BCUT2D eigenvalue weighted by Crippen LogP contribution is -1.91. The zero-order valence-electron chi connectivity index (χ0n) is 6.75. The zero-order chi connectivity index (χ0) is 10.3. The van der Waals surface area contributed by atoms with Gasteiger partial charge in [0.15, 0.2) is 11.4 Å². The zero-order valence-corrected chi connectivity index (χ0v) is 8.34. The highest BCUT2D eigenvalue weighted by Gasteiger charge is 2.14. The van der Waals surface area contributed by atoms with Crippen molar-refractivity contribution in [3.05, 3.63) is 34.2 Å². The van der Waals surface area contributed by atoms with Crippen LogP contribution in [0.3, 0.4) is 0 Å². The van der Waals surface area contributed by atoms with Crippen LogP contribution in [0.4, 0.5) is 4.39 Å². The average molecular weight is 259 g/mol. The van der Waals surface area contributed by atoms with Gasteiger partial charge in [0.05, 0.1) is 4.47 Å². The number of rotatable bonds is 1. The van der Waals surface area contributed by atoms with Crippen LogP contribution in [0, 0.1) is 5.82 Å². The van der Waals surface area contributed by atoms with Gasteiger partial charge in [0.1, 0.15) is 0 Å². The minimum absolute atomic E-state index is 0.0447. The van der Waals surface area contributed by atoms with E-state index >= 15 is 0 Å². The van der Waals surface area contributed by atoms with E-state index < -0.39 is 11.8 Å². The SMILES string of the molecule is O=C(O)c1cc2ccc(Br)c(F)c2o1. The lowest BCUT2D eigenvalue weighted by atomic mass is 10.2. The predicted molar refractivity (Wildman–Crippen MR) is 50.8 cm³/mol. The first-order chi connectivity index (χ1) is 6.59. The maximum atomic E-state index is 13.3.